The van der Waals surface area contributed by atoms with Gasteiger partial charge in [-0.25, -0.2) is 13.8 Å². The van der Waals surface area contributed by atoms with Crippen molar-refractivity contribution in [3.63, 3.8) is 0 Å². The fourth-order valence-electron chi connectivity index (χ4n) is 1.68. The molecule has 0 aliphatic carbocycles. The minimum absolute atomic E-state index is 0.0133. The van der Waals surface area contributed by atoms with Gasteiger partial charge in [-0.15, -0.1) is 0 Å². The molecule has 96 valence electrons. The van der Waals surface area contributed by atoms with Crippen molar-refractivity contribution < 1.29 is 13.9 Å². The molecule has 2 rings (SSSR count). The van der Waals surface area contributed by atoms with E-state index in [0.29, 0.717) is 0 Å². The summed E-state index contributed by atoms with van der Waals surface area (Å²) in [7, 11) is 0. The number of halogens is 2. The second-order valence-electron chi connectivity index (χ2n) is 4.77. The van der Waals surface area contributed by atoms with Gasteiger partial charge in [0, 0.05) is 6.07 Å². The number of benzene rings is 1. The molecule has 4 nitrogen and oxygen atoms in total. The van der Waals surface area contributed by atoms with E-state index in [1.807, 2.05) is 0 Å². The lowest BCUT2D eigenvalue weighted by molar-refractivity contribution is 0.0603. The Morgan fingerprint density at radius 2 is 1.94 bits per heavy atom. The van der Waals surface area contributed by atoms with Gasteiger partial charge in [0.05, 0.1) is 29.4 Å². The topological polar surface area (TPSA) is 55.1 Å². The Bertz CT molecular complexity index is 659. The van der Waals surface area contributed by atoms with Crippen LogP contribution in [0.3, 0.4) is 0 Å². The van der Waals surface area contributed by atoms with Crippen molar-refractivity contribution in [1.82, 2.24) is 9.55 Å². The fourth-order valence-corrected chi connectivity index (χ4v) is 1.68. The van der Waals surface area contributed by atoms with Crippen LogP contribution in [0.15, 0.2) is 23.3 Å². The number of hydrogen-bond donors (Lipinski definition) is 1. The van der Waals surface area contributed by atoms with Crippen LogP contribution in [-0.4, -0.2) is 20.3 Å². The highest BCUT2D eigenvalue weighted by Gasteiger charge is 2.16. The van der Waals surface area contributed by atoms with Crippen LogP contribution < -0.4 is 5.56 Å². The maximum absolute atomic E-state index is 13.1. The van der Waals surface area contributed by atoms with E-state index in [0.717, 1.165) is 12.1 Å². The van der Waals surface area contributed by atoms with Crippen LogP contribution in [-0.2, 0) is 6.54 Å². The molecular weight excluding hydrogens is 242 g/mol. The first-order chi connectivity index (χ1) is 8.28. The van der Waals surface area contributed by atoms with Gasteiger partial charge in [-0.05, 0) is 19.9 Å². The summed E-state index contributed by atoms with van der Waals surface area (Å²) >= 11 is 0. The quantitative estimate of drug-likeness (QED) is 0.882. The molecule has 0 unspecified atom stereocenters. The number of fused-ring (bicyclic) bond motifs is 1. The van der Waals surface area contributed by atoms with Crippen LogP contribution in [0, 0.1) is 11.6 Å². The molecule has 0 spiro atoms. The smallest absolute Gasteiger partial charge is 0.261 e. The zero-order valence-electron chi connectivity index (χ0n) is 9.94. The molecule has 0 amide bonds. The number of nitrogens with zero attached hydrogens (tertiary/aromatic N) is 2. The monoisotopic (exact) mass is 254 g/mol. The Morgan fingerprint density at radius 1 is 1.33 bits per heavy atom. The van der Waals surface area contributed by atoms with E-state index in [-0.39, 0.29) is 17.4 Å². The molecule has 6 heteroatoms. The van der Waals surface area contributed by atoms with Crippen molar-refractivity contribution in [2.75, 3.05) is 0 Å². The molecule has 1 aromatic heterocycles. The third kappa shape index (κ3) is 2.38. The number of hydrogen-bond acceptors (Lipinski definition) is 3. The highest BCUT2D eigenvalue weighted by Crippen LogP contribution is 2.13. The Kier molecular flexibility index (Phi) is 2.90. The Morgan fingerprint density at radius 3 is 2.56 bits per heavy atom. The molecule has 0 atom stereocenters. The maximum atomic E-state index is 13.1. The summed E-state index contributed by atoms with van der Waals surface area (Å²) in [6.07, 6.45) is 1.21. The van der Waals surface area contributed by atoms with Gasteiger partial charge in [0.2, 0.25) is 0 Å². The minimum Gasteiger partial charge on any atom is -0.389 e. The van der Waals surface area contributed by atoms with E-state index in [1.165, 1.54) is 24.7 Å². The minimum atomic E-state index is -1.10. The molecule has 18 heavy (non-hydrogen) atoms. The Labute approximate surface area is 102 Å². The molecule has 1 N–H and O–H groups in total. The van der Waals surface area contributed by atoms with Crippen LogP contribution >= 0.6 is 0 Å². The molecule has 0 aliphatic heterocycles. The van der Waals surface area contributed by atoms with Crippen LogP contribution in [0.25, 0.3) is 10.9 Å². The molecule has 0 saturated heterocycles. The molecule has 0 radical (unpaired) electrons. The molecule has 1 heterocycles. The molecule has 0 aliphatic rings. The van der Waals surface area contributed by atoms with E-state index >= 15 is 0 Å². The number of aromatic nitrogens is 2. The molecule has 2 aromatic rings. The fraction of sp³-hybridized carbons (Fsp3) is 0.333. The van der Waals surface area contributed by atoms with Gasteiger partial charge in [-0.3, -0.25) is 9.36 Å². The van der Waals surface area contributed by atoms with Crippen molar-refractivity contribution in [2.45, 2.75) is 26.0 Å². The first kappa shape index (κ1) is 12.6. The van der Waals surface area contributed by atoms with Crippen LogP contribution in [0.4, 0.5) is 8.78 Å². The lowest BCUT2D eigenvalue weighted by Gasteiger charge is -2.18. The molecular formula is C12H12F2N2O2. The number of aliphatic hydroxyl groups is 1. The van der Waals surface area contributed by atoms with Gasteiger partial charge in [-0.1, -0.05) is 0 Å². The van der Waals surface area contributed by atoms with E-state index < -0.39 is 22.8 Å². The Balaban J connectivity index is 2.64. The van der Waals surface area contributed by atoms with E-state index in [4.69, 9.17) is 0 Å². The van der Waals surface area contributed by atoms with Gasteiger partial charge in [0.25, 0.3) is 5.56 Å². The Hall–Kier alpha value is -1.82. The van der Waals surface area contributed by atoms with E-state index in [2.05, 4.69) is 4.98 Å². The lowest BCUT2D eigenvalue weighted by Crippen LogP contribution is -2.32. The van der Waals surface area contributed by atoms with Gasteiger partial charge in [0.15, 0.2) is 11.6 Å². The largest absolute Gasteiger partial charge is 0.389 e. The van der Waals surface area contributed by atoms with Gasteiger partial charge in [-0.2, -0.15) is 0 Å². The zero-order valence-corrected chi connectivity index (χ0v) is 9.94. The van der Waals surface area contributed by atoms with Gasteiger partial charge >= 0.3 is 0 Å². The first-order valence-corrected chi connectivity index (χ1v) is 5.34. The summed E-state index contributed by atoms with van der Waals surface area (Å²) in [5.74, 6) is -2.14. The van der Waals surface area contributed by atoms with Gasteiger partial charge in [0.1, 0.15) is 0 Å². The summed E-state index contributed by atoms with van der Waals surface area (Å²) in [4.78, 5) is 15.9. The highest BCUT2D eigenvalue weighted by molar-refractivity contribution is 5.77. The zero-order chi connectivity index (χ0) is 13.5. The maximum Gasteiger partial charge on any atom is 0.261 e. The summed E-state index contributed by atoms with van der Waals surface area (Å²) in [5, 5.41) is 9.63. The molecule has 1 aromatic carbocycles. The standard InChI is InChI=1S/C12H12F2N2O2/c1-12(2,18)5-16-6-15-10-4-9(14)8(13)3-7(10)11(16)17/h3-4,6,18H,5H2,1-2H3. The summed E-state index contributed by atoms with van der Waals surface area (Å²) < 4.78 is 27.3. The predicted octanol–water partition coefficient (Wildman–Crippen LogP) is 1.45. The third-order valence-electron chi connectivity index (χ3n) is 2.42. The van der Waals surface area contributed by atoms with Crippen molar-refractivity contribution in [1.29, 1.82) is 0 Å². The van der Waals surface area contributed by atoms with Crippen molar-refractivity contribution in [3.05, 3.63) is 40.4 Å². The summed E-state index contributed by atoms with van der Waals surface area (Å²) in [6, 6.07) is 1.70. The second kappa shape index (κ2) is 4.13. The number of rotatable bonds is 2. The van der Waals surface area contributed by atoms with Crippen molar-refractivity contribution in [2.24, 2.45) is 0 Å². The van der Waals surface area contributed by atoms with Gasteiger partial charge < -0.3 is 5.11 Å². The average molecular weight is 254 g/mol. The second-order valence-corrected chi connectivity index (χ2v) is 4.77. The third-order valence-corrected chi connectivity index (χ3v) is 2.42. The predicted molar refractivity (Wildman–Crippen MR) is 62.2 cm³/mol. The molecule has 0 saturated carbocycles. The van der Waals surface area contributed by atoms with E-state index in [9.17, 15) is 18.7 Å². The van der Waals surface area contributed by atoms with Crippen molar-refractivity contribution >= 4 is 10.9 Å². The first-order valence-electron chi connectivity index (χ1n) is 5.34. The highest BCUT2D eigenvalue weighted by atomic mass is 19.2. The molecule has 0 fully saturated rings. The normalized spacial score (nSPS) is 12.1. The van der Waals surface area contributed by atoms with Crippen molar-refractivity contribution in [3.8, 4) is 0 Å². The van der Waals surface area contributed by atoms with Crippen LogP contribution in [0.5, 0.6) is 0 Å². The SMILES string of the molecule is CC(C)(O)Cn1cnc2cc(F)c(F)cc2c1=O. The summed E-state index contributed by atoms with van der Waals surface area (Å²) in [6.45, 7) is 3.09. The van der Waals surface area contributed by atoms with Crippen LogP contribution in [0.1, 0.15) is 13.8 Å². The van der Waals surface area contributed by atoms with Crippen LogP contribution in [0.2, 0.25) is 0 Å². The summed E-state index contributed by atoms with van der Waals surface area (Å²) in [5.41, 5.74) is -1.52. The van der Waals surface area contributed by atoms with E-state index in [1.54, 1.807) is 0 Å². The lowest BCUT2D eigenvalue weighted by atomic mass is 10.1. The molecule has 0 bridgehead atoms. The average Bonchev–Trinajstić information content (AvgIpc) is 2.24.